The maximum absolute atomic E-state index is 12.9. The molecule has 0 bridgehead atoms. The van der Waals surface area contributed by atoms with Crippen LogP contribution >= 0.6 is 0 Å². The number of cyclic esters (lactones) is 1. The predicted molar refractivity (Wildman–Crippen MR) is 181 cm³/mol. The van der Waals surface area contributed by atoms with E-state index in [0.29, 0.717) is 13.2 Å². The highest BCUT2D eigenvalue weighted by molar-refractivity contribution is 5.90. The summed E-state index contributed by atoms with van der Waals surface area (Å²) in [7, 11) is 0. The largest absolute Gasteiger partial charge is 0.490 e. The van der Waals surface area contributed by atoms with Crippen LogP contribution in [0.15, 0.2) is 11.5 Å². The van der Waals surface area contributed by atoms with Gasteiger partial charge >= 0.3 is 5.97 Å². The van der Waals surface area contributed by atoms with Crippen molar-refractivity contribution in [2.75, 3.05) is 26.4 Å². The minimum atomic E-state index is -1.81. The third-order valence-corrected chi connectivity index (χ3v) is 9.00. The molecule has 1 aliphatic heterocycles. The van der Waals surface area contributed by atoms with Gasteiger partial charge in [-0.1, -0.05) is 155 Å². The number of aliphatic hydroxyl groups is 4. The predicted octanol–water partition coefficient (Wildman–Crippen LogP) is 8.03. The smallest absolute Gasteiger partial charge is 0.378 e. The van der Waals surface area contributed by atoms with Crippen molar-refractivity contribution in [3.8, 4) is 0 Å². The maximum Gasteiger partial charge on any atom is 0.378 e. The third-order valence-electron chi connectivity index (χ3n) is 9.00. The van der Waals surface area contributed by atoms with Gasteiger partial charge in [-0.15, -0.1) is 0 Å². The zero-order valence-corrected chi connectivity index (χ0v) is 29.1. The molecule has 4 N–H and O–H groups in total. The summed E-state index contributed by atoms with van der Waals surface area (Å²) in [5.74, 6) is -0.867. The van der Waals surface area contributed by atoms with E-state index in [1.807, 2.05) is 0 Å². The van der Waals surface area contributed by atoms with Gasteiger partial charge in [0.1, 0.15) is 6.10 Å². The third kappa shape index (κ3) is 18.0. The summed E-state index contributed by atoms with van der Waals surface area (Å²) in [6.07, 6.45) is 26.0. The van der Waals surface area contributed by atoms with Crippen LogP contribution in [0.25, 0.3) is 0 Å². The van der Waals surface area contributed by atoms with Crippen LogP contribution in [-0.2, 0) is 19.0 Å². The lowest BCUT2D eigenvalue weighted by Crippen LogP contribution is -2.50. The van der Waals surface area contributed by atoms with Gasteiger partial charge in [0.05, 0.1) is 32.5 Å². The fourth-order valence-corrected chi connectivity index (χ4v) is 6.14. The lowest BCUT2D eigenvalue weighted by atomic mass is 9.88. The summed E-state index contributed by atoms with van der Waals surface area (Å²) in [5.41, 5.74) is -1.81. The quantitative estimate of drug-likeness (QED) is 0.0419. The highest BCUT2D eigenvalue weighted by Gasteiger charge is 2.56. The van der Waals surface area contributed by atoms with Gasteiger partial charge in [0.15, 0.2) is 5.76 Å². The number of unbranched alkanes of at least 4 members (excludes halogenated alkanes) is 22. The highest BCUT2D eigenvalue weighted by atomic mass is 16.6. The number of carbonyl (C=O) groups excluding carboxylic acids is 1. The first kappa shape index (κ1) is 41.7. The second kappa shape index (κ2) is 27.7. The van der Waals surface area contributed by atoms with Crippen LogP contribution < -0.4 is 0 Å². The van der Waals surface area contributed by atoms with Crippen molar-refractivity contribution >= 4 is 5.97 Å². The molecule has 0 fully saturated rings. The van der Waals surface area contributed by atoms with Crippen LogP contribution in [0.1, 0.15) is 174 Å². The second-order valence-corrected chi connectivity index (χ2v) is 13.2. The Kier molecular flexibility index (Phi) is 25.7. The first-order valence-corrected chi connectivity index (χ1v) is 18.8. The molecule has 45 heavy (non-hydrogen) atoms. The van der Waals surface area contributed by atoms with Gasteiger partial charge in [0.25, 0.3) is 0 Å². The first-order valence-electron chi connectivity index (χ1n) is 18.8. The Morgan fingerprint density at radius 3 is 1.33 bits per heavy atom. The van der Waals surface area contributed by atoms with E-state index in [9.17, 15) is 25.2 Å². The van der Waals surface area contributed by atoms with Gasteiger partial charge in [0, 0.05) is 6.42 Å². The Morgan fingerprint density at radius 2 is 0.956 bits per heavy atom. The minimum absolute atomic E-state index is 0.0165. The van der Waals surface area contributed by atoms with Crippen LogP contribution in [0.4, 0.5) is 0 Å². The summed E-state index contributed by atoms with van der Waals surface area (Å²) in [4.78, 5) is 12.9. The Hall–Kier alpha value is -1.35. The molecule has 1 heterocycles. The average Bonchev–Trinajstić information content (AvgIpc) is 3.31. The topological polar surface area (TPSA) is 126 Å². The van der Waals surface area contributed by atoms with Gasteiger partial charge in [-0.25, -0.2) is 4.79 Å². The molecule has 0 amide bonds. The van der Waals surface area contributed by atoms with Gasteiger partial charge < -0.3 is 34.6 Å². The Labute approximate surface area is 275 Å². The molecule has 0 aromatic heterocycles. The monoisotopic (exact) mass is 643 g/mol. The molecule has 1 rings (SSSR count). The Morgan fingerprint density at radius 1 is 0.578 bits per heavy atom. The molecule has 0 saturated heterocycles. The number of hydrogen-bond acceptors (Lipinski definition) is 8. The van der Waals surface area contributed by atoms with Crippen LogP contribution in [0.2, 0.25) is 0 Å². The summed E-state index contributed by atoms with van der Waals surface area (Å²) >= 11 is 0. The van der Waals surface area contributed by atoms with Gasteiger partial charge in [-0.2, -0.15) is 0 Å². The number of hydrogen-bond donors (Lipinski definition) is 4. The molecular formula is C37H70O8. The van der Waals surface area contributed by atoms with E-state index in [4.69, 9.17) is 14.2 Å². The zero-order chi connectivity index (χ0) is 33.0. The van der Waals surface area contributed by atoms with Gasteiger partial charge in [-0.3, -0.25) is 0 Å². The first-order chi connectivity index (χ1) is 22.0. The molecule has 0 aromatic carbocycles. The number of carbonyl (C=O) groups is 1. The molecule has 0 radical (unpaired) electrons. The van der Waals surface area contributed by atoms with Crippen LogP contribution in [0.3, 0.4) is 0 Å². The van der Waals surface area contributed by atoms with Crippen LogP contribution in [0.5, 0.6) is 0 Å². The van der Waals surface area contributed by atoms with E-state index in [0.717, 1.165) is 38.5 Å². The summed E-state index contributed by atoms with van der Waals surface area (Å²) < 4.78 is 17.5. The molecule has 1 unspecified atom stereocenters. The fourth-order valence-electron chi connectivity index (χ4n) is 6.14. The van der Waals surface area contributed by atoms with Crippen molar-refractivity contribution in [3.63, 3.8) is 0 Å². The Bertz CT molecular complexity index is 742. The standard InChI is InChI=1S/C37H70O8/c1-3-5-7-9-11-13-15-16-17-18-20-21-23-25-27-43-34-35(44-28-26-24-22-19-14-12-10-8-6-4-2)37(33(41)31-39,45-36(34)42)29-32(40)30-38/h32-33,38-41H,3-31H2,1-2H3/t32?,33-,37+/m0/s1. The fraction of sp³-hybridized carbons (Fsp3) is 0.919. The SMILES string of the molecule is CCCCCCCCCCCCCCCCOC1=C(OCCCCCCCCCCCC)[C@@](CC(O)CO)([C@@H](O)CO)OC1=O. The molecule has 3 atom stereocenters. The second-order valence-electron chi connectivity index (χ2n) is 13.2. The van der Waals surface area contributed by atoms with E-state index in [2.05, 4.69) is 13.8 Å². The number of rotatable bonds is 33. The Balaban J connectivity index is 2.52. The molecule has 266 valence electrons. The van der Waals surface area contributed by atoms with E-state index in [-0.39, 0.29) is 17.9 Å². The molecule has 0 saturated carbocycles. The van der Waals surface area contributed by atoms with E-state index < -0.39 is 37.0 Å². The number of aliphatic hydroxyl groups excluding tert-OH is 4. The van der Waals surface area contributed by atoms with Crippen molar-refractivity contribution in [2.24, 2.45) is 0 Å². The molecular weight excluding hydrogens is 572 g/mol. The minimum Gasteiger partial charge on any atom is -0.490 e. The molecule has 8 nitrogen and oxygen atoms in total. The molecule has 0 aromatic rings. The van der Waals surface area contributed by atoms with Crippen molar-refractivity contribution in [1.29, 1.82) is 0 Å². The lowest BCUT2D eigenvalue weighted by molar-refractivity contribution is -0.171. The van der Waals surface area contributed by atoms with E-state index in [1.165, 1.54) is 116 Å². The molecule has 0 aliphatic carbocycles. The summed E-state index contributed by atoms with van der Waals surface area (Å²) in [5, 5.41) is 40.3. The zero-order valence-electron chi connectivity index (χ0n) is 29.1. The normalized spacial score (nSPS) is 18.0. The molecule has 1 aliphatic rings. The van der Waals surface area contributed by atoms with Gasteiger partial charge in [0.2, 0.25) is 11.4 Å². The lowest BCUT2D eigenvalue weighted by Gasteiger charge is -2.34. The van der Waals surface area contributed by atoms with E-state index in [1.54, 1.807) is 0 Å². The van der Waals surface area contributed by atoms with Crippen molar-refractivity contribution in [2.45, 2.75) is 192 Å². The van der Waals surface area contributed by atoms with Crippen LogP contribution in [-0.4, -0.2) is 70.6 Å². The van der Waals surface area contributed by atoms with Gasteiger partial charge in [-0.05, 0) is 12.8 Å². The molecule has 0 spiro atoms. The number of ether oxygens (including phenoxy) is 3. The van der Waals surface area contributed by atoms with Crippen molar-refractivity contribution in [1.82, 2.24) is 0 Å². The average molecular weight is 643 g/mol. The highest BCUT2D eigenvalue weighted by Crippen LogP contribution is 2.41. The molecule has 8 heteroatoms. The van der Waals surface area contributed by atoms with Crippen molar-refractivity contribution in [3.05, 3.63) is 11.5 Å². The van der Waals surface area contributed by atoms with E-state index >= 15 is 0 Å². The van der Waals surface area contributed by atoms with Crippen LogP contribution in [0, 0.1) is 0 Å². The van der Waals surface area contributed by atoms with Crippen molar-refractivity contribution < 1.29 is 39.4 Å². The number of esters is 1. The summed E-state index contributed by atoms with van der Waals surface area (Å²) in [6.45, 7) is 3.79. The summed E-state index contributed by atoms with van der Waals surface area (Å²) in [6, 6.07) is 0. The maximum atomic E-state index is 12.9.